The first-order valence-corrected chi connectivity index (χ1v) is 7.84. The maximum Gasteiger partial charge on any atom is 0.435 e. The highest BCUT2D eigenvalue weighted by Crippen LogP contribution is 2.37. The highest BCUT2D eigenvalue weighted by atomic mass is 35.6. The first-order valence-electron chi connectivity index (χ1n) is 6.71. The lowest BCUT2D eigenvalue weighted by Crippen LogP contribution is -2.14. The SMILES string of the molecule is FC(F)(F)c1nn(-c2ccc3ncccc3c2)cc1CC(Cl)(Cl)Cl. The maximum absolute atomic E-state index is 13.2. The molecular formula is C15H9Cl3F3N3. The molecule has 0 saturated carbocycles. The normalized spacial score (nSPS) is 12.8. The number of fused-ring (bicyclic) bond motifs is 1. The Morgan fingerprint density at radius 3 is 2.50 bits per heavy atom. The van der Waals surface area contributed by atoms with E-state index < -0.39 is 22.1 Å². The molecule has 0 atom stereocenters. The second kappa shape index (κ2) is 6.10. The Balaban J connectivity index is 2.09. The minimum Gasteiger partial charge on any atom is -0.256 e. The van der Waals surface area contributed by atoms with Gasteiger partial charge in [-0.05, 0) is 24.3 Å². The van der Waals surface area contributed by atoms with Crippen LogP contribution in [0.3, 0.4) is 0 Å². The molecule has 0 aliphatic heterocycles. The highest BCUT2D eigenvalue weighted by Gasteiger charge is 2.39. The molecule has 2 aromatic heterocycles. The molecule has 0 radical (unpaired) electrons. The number of halogens is 6. The van der Waals surface area contributed by atoms with Crippen LogP contribution in [0.15, 0.2) is 42.7 Å². The summed E-state index contributed by atoms with van der Waals surface area (Å²) in [5.74, 6) is 0. The van der Waals surface area contributed by atoms with Crippen LogP contribution in [-0.4, -0.2) is 18.6 Å². The number of aromatic nitrogens is 3. The zero-order valence-corrected chi connectivity index (χ0v) is 14.1. The molecule has 3 aromatic rings. The maximum atomic E-state index is 13.2. The molecule has 0 spiro atoms. The average molecular weight is 395 g/mol. The van der Waals surface area contributed by atoms with Gasteiger partial charge >= 0.3 is 6.18 Å². The number of benzene rings is 1. The Hall–Kier alpha value is -1.50. The molecule has 3 rings (SSSR count). The van der Waals surface area contributed by atoms with E-state index in [1.807, 2.05) is 6.07 Å². The molecule has 9 heteroatoms. The predicted octanol–water partition coefficient (Wildman–Crippen LogP) is 5.35. The third-order valence-corrected chi connectivity index (χ3v) is 3.70. The minimum absolute atomic E-state index is 0.186. The van der Waals surface area contributed by atoms with Crippen molar-refractivity contribution in [2.75, 3.05) is 0 Å². The van der Waals surface area contributed by atoms with Crippen molar-refractivity contribution >= 4 is 45.7 Å². The van der Waals surface area contributed by atoms with Gasteiger partial charge in [0.15, 0.2) is 9.49 Å². The number of pyridine rings is 1. The van der Waals surface area contributed by atoms with Crippen LogP contribution in [0.2, 0.25) is 0 Å². The zero-order valence-electron chi connectivity index (χ0n) is 11.9. The van der Waals surface area contributed by atoms with Crippen molar-refractivity contribution in [2.45, 2.75) is 16.4 Å². The second-order valence-electron chi connectivity index (χ2n) is 5.12. The van der Waals surface area contributed by atoms with Gasteiger partial charge < -0.3 is 0 Å². The van der Waals surface area contributed by atoms with Gasteiger partial charge in [0.1, 0.15) is 0 Å². The van der Waals surface area contributed by atoms with Crippen LogP contribution in [0, 0.1) is 0 Å². The van der Waals surface area contributed by atoms with Gasteiger partial charge in [-0.2, -0.15) is 18.3 Å². The van der Waals surface area contributed by atoms with Gasteiger partial charge in [-0.1, -0.05) is 40.9 Å². The summed E-state index contributed by atoms with van der Waals surface area (Å²) in [5, 5.41) is 4.42. The lowest BCUT2D eigenvalue weighted by molar-refractivity contribution is -0.141. The van der Waals surface area contributed by atoms with Crippen molar-refractivity contribution < 1.29 is 13.2 Å². The largest absolute Gasteiger partial charge is 0.435 e. The Labute approximate surface area is 149 Å². The van der Waals surface area contributed by atoms with Crippen LogP contribution >= 0.6 is 34.8 Å². The molecule has 2 heterocycles. The van der Waals surface area contributed by atoms with Crippen LogP contribution in [-0.2, 0) is 12.6 Å². The first-order chi connectivity index (χ1) is 11.1. The molecule has 0 N–H and O–H groups in total. The topological polar surface area (TPSA) is 30.7 Å². The zero-order chi connectivity index (χ0) is 17.5. The molecule has 0 saturated heterocycles. The minimum atomic E-state index is -4.64. The van der Waals surface area contributed by atoms with Crippen LogP contribution < -0.4 is 0 Å². The fourth-order valence-electron chi connectivity index (χ4n) is 2.33. The van der Waals surface area contributed by atoms with E-state index in [0.29, 0.717) is 5.69 Å². The van der Waals surface area contributed by atoms with Gasteiger partial charge in [-0.25, -0.2) is 4.68 Å². The lowest BCUT2D eigenvalue weighted by atomic mass is 10.2. The van der Waals surface area contributed by atoms with Gasteiger partial charge in [0.25, 0.3) is 0 Å². The summed E-state index contributed by atoms with van der Waals surface area (Å²) in [7, 11) is 0. The number of alkyl halides is 6. The fraction of sp³-hybridized carbons (Fsp3) is 0.200. The summed E-state index contributed by atoms with van der Waals surface area (Å²) >= 11 is 16.9. The van der Waals surface area contributed by atoms with E-state index in [1.54, 1.807) is 30.5 Å². The molecule has 0 unspecified atom stereocenters. The summed E-state index contributed by atoms with van der Waals surface area (Å²) in [6.45, 7) is 0. The average Bonchev–Trinajstić information content (AvgIpc) is 2.88. The van der Waals surface area contributed by atoms with E-state index in [2.05, 4.69) is 10.1 Å². The Bertz CT molecular complexity index is 885. The van der Waals surface area contributed by atoms with E-state index in [4.69, 9.17) is 34.8 Å². The van der Waals surface area contributed by atoms with Crippen LogP contribution in [0.1, 0.15) is 11.3 Å². The van der Waals surface area contributed by atoms with Crippen LogP contribution in [0.4, 0.5) is 13.2 Å². The lowest BCUT2D eigenvalue weighted by Gasteiger charge is -2.11. The molecule has 0 amide bonds. The summed E-state index contributed by atoms with van der Waals surface area (Å²) in [5.41, 5.74) is -0.0728. The Kier molecular flexibility index (Phi) is 4.40. The van der Waals surface area contributed by atoms with E-state index in [0.717, 1.165) is 15.6 Å². The number of rotatable bonds is 2. The molecule has 0 aliphatic carbocycles. The van der Waals surface area contributed by atoms with Crippen molar-refractivity contribution in [3.8, 4) is 5.69 Å². The molecular weight excluding hydrogens is 386 g/mol. The smallest absolute Gasteiger partial charge is 0.256 e. The number of hydrogen-bond donors (Lipinski definition) is 0. The Morgan fingerprint density at radius 2 is 1.83 bits per heavy atom. The molecule has 126 valence electrons. The van der Waals surface area contributed by atoms with Gasteiger partial charge in [-0.15, -0.1) is 0 Å². The molecule has 3 nitrogen and oxygen atoms in total. The fourth-order valence-corrected chi connectivity index (χ4v) is 2.76. The van der Waals surface area contributed by atoms with Crippen LogP contribution in [0.5, 0.6) is 0 Å². The number of hydrogen-bond acceptors (Lipinski definition) is 2. The summed E-state index contributed by atoms with van der Waals surface area (Å²) in [6, 6.07) is 8.57. The molecule has 0 bridgehead atoms. The van der Waals surface area contributed by atoms with E-state index in [-0.39, 0.29) is 5.56 Å². The van der Waals surface area contributed by atoms with Crippen molar-refractivity contribution in [3.05, 3.63) is 54.0 Å². The Morgan fingerprint density at radius 1 is 1.08 bits per heavy atom. The van der Waals surface area contributed by atoms with Crippen molar-refractivity contribution in [3.63, 3.8) is 0 Å². The summed E-state index contributed by atoms with van der Waals surface area (Å²) in [4.78, 5) is 4.16. The van der Waals surface area contributed by atoms with E-state index in [1.165, 1.54) is 6.20 Å². The van der Waals surface area contributed by atoms with Gasteiger partial charge in [0, 0.05) is 29.8 Å². The van der Waals surface area contributed by atoms with Gasteiger partial charge in [0.2, 0.25) is 0 Å². The summed E-state index contributed by atoms with van der Waals surface area (Å²) < 4.78 is 38.9. The van der Waals surface area contributed by atoms with Crippen molar-refractivity contribution in [2.24, 2.45) is 0 Å². The molecule has 0 aliphatic rings. The second-order valence-corrected chi connectivity index (χ2v) is 7.63. The molecule has 1 aromatic carbocycles. The monoisotopic (exact) mass is 393 g/mol. The third-order valence-electron chi connectivity index (χ3n) is 3.30. The van der Waals surface area contributed by atoms with Crippen molar-refractivity contribution in [1.29, 1.82) is 0 Å². The van der Waals surface area contributed by atoms with E-state index in [9.17, 15) is 13.2 Å². The van der Waals surface area contributed by atoms with Gasteiger partial charge in [0.05, 0.1) is 11.2 Å². The molecule has 0 fully saturated rings. The quantitative estimate of drug-likeness (QED) is 0.548. The highest BCUT2D eigenvalue weighted by molar-refractivity contribution is 6.67. The number of nitrogens with zero attached hydrogens (tertiary/aromatic N) is 3. The van der Waals surface area contributed by atoms with Crippen LogP contribution in [0.25, 0.3) is 16.6 Å². The first kappa shape index (κ1) is 17.3. The van der Waals surface area contributed by atoms with E-state index >= 15 is 0 Å². The van der Waals surface area contributed by atoms with Crippen molar-refractivity contribution in [1.82, 2.24) is 14.8 Å². The summed E-state index contributed by atoms with van der Waals surface area (Å²) in [6.07, 6.45) is -2.18. The standard InChI is InChI=1S/C15H9Cl3F3N3/c16-14(17,18)7-10-8-24(23-13(10)15(19,20)21)11-3-4-12-9(6-11)2-1-5-22-12/h1-6,8H,7H2. The van der Waals surface area contributed by atoms with Gasteiger partial charge in [-0.3, -0.25) is 4.98 Å². The predicted molar refractivity (Wildman–Crippen MR) is 87.9 cm³/mol. The third kappa shape index (κ3) is 3.77. The molecule has 24 heavy (non-hydrogen) atoms.